The van der Waals surface area contributed by atoms with E-state index in [4.69, 9.17) is 10.5 Å². The van der Waals surface area contributed by atoms with Crippen molar-refractivity contribution in [3.8, 4) is 5.75 Å². The van der Waals surface area contributed by atoms with E-state index in [1.165, 1.54) is 36.0 Å². The van der Waals surface area contributed by atoms with Gasteiger partial charge in [-0.1, -0.05) is 78.9 Å². The predicted octanol–water partition coefficient (Wildman–Crippen LogP) is 5.34. The Morgan fingerprint density at radius 3 is 2.18 bits per heavy atom. The number of carbonyl (C=O) groups excluding carboxylic acids is 2. The minimum absolute atomic E-state index is 0.000554. The van der Waals surface area contributed by atoms with Crippen LogP contribution in [0.4, 0.5) is 0 Å². The van der Waals surface area contributed by atoms with Crippen LogP contribution in [0.3, 0.4) is 0 Å². The van der Waals surface area contributed by atoms with E-state index in [-0.39, 0.29) is 48.8 Å². The lowest BCUT2D eigenvalue weighted by Gasteiger charge is -2.27. The Kier molecular flexibility index (Phi) is 16.5. The molecule has 0 saturated heterocycles. The van der Waals surface area contributed by atoms with E-state index < -0.39 is 56.1 Å². The Hall–Kier alpha value is -5.70. The molecule has 0 saturated carbocycles. The fraction of sp³-hybridized carbons (Fsp3) is 0.304. The summed E-state index contributed by atoms with van der Waals surface area (Å²) in [5, 5.41) is 22.2. The molecule has 2 amide bonds. The van der Waals surface area contributed by atoms with Gasteiger partial charge >= 0.3 is 0 Å². The third-order valence-corrected chi connectivity index (χ3v) is 15.7. The molecule has 4 atom stereocenters. The number of aromatic nitrogens is 1. The third kappa shape index (κ3) is 13.0. The molecule has 2 heterocycles. The van der Waals surface area contributed by atoms with Crippen LogP contribution in [0.5, 0.6) is 5.75 Å². The third-order valence-electron chi connectivity index (χ3n) is 10.8. The second-order valence-corrected chi connectivity index (χ2v) is 20.8. The molecule has 344 valence electrons. The van der Waals surface area contributed by atoms with Crippen molar-refractivity contribution >= 4 is 70.6 Å². The first-order valence-electron chi connectivity index (χ1n) is 20.7. The molecule has 0 aliphatic heterocycles. The van der Waals surface area contributed by atoms with Crippen LogP contribution in [-0.4, -0.2) is 76.5 Å². The lowest BCUT2D eigenvalue weighted by molar-refractivity contribution is -0.130. The van der Waals surface area contributed by atoms with Gasteiger partial charge in [0, 0.05) is 29.2 Å². The van der Waals surface area contributed by atoms with Crippen molar-refractivity contribution < 1.29 is 36.3 Å². The number of methoxy groups -OCH3 is 1. The molecule has 1 unspecified atom stereocenters. The quantitative estimate of drug-likeness (QED) is 0.0308. The number of nitrogens with one attached hydrogen (secondary N) is 4. The van der Waals surface area contributed by atoms with Crippen molar-refractivity contribution in [2.24, 2.45) is 10.7 Å². The fourth-order valence-electron chi connectivity index (χ4n) is 7.51. The normalized spacial score (nSPS) is 14.0. The Balaban J connectivity index is 1.23. The molecule has 2 aromatic heterocycles. The number of guanidine groups is 1. The molecule has 19 heteroatoms. The molecule has 15 nitrogen and oxygen atoms in total. The number of aryl methyl sites for hydroxylation is 1. The highest BCUT2D eigenvalue weighted by Gasteiger charge is 2.33. The van der Waals surface area contributed by atoms with Gasteiger partial charge in [-0.3, -0.25) is 14.6 Å². The highest BCUT2D eigenvalue weighted by Crippen LogP contribution is 2.31. The van der Waals surface area contributed by atoms with Gasteiger partial charge in [-0.05, 0) is 96.3 Å². The van der Waals surface area contributed by atoms with E-state index in [0.29, 0.717) is 38.6 Å². The van der Waals surface area contributed by atoms with Crippen molar-refractivity contribution in [1.29, 1.82) is 0 Å². The van der Waals surface area contributed by atoms with E-state index in [2.05, 4.69) is 30.1 Å². The van der Waals surface area contributed by atoms with Crippen LogP contribution in [0.2, 0.25) is 0 Å². The van der Waals surface area contributed by atoms with Crippen LogP contribution in [-0.2, 0) is 48.2 Å². The molecule has 0 aliphatic carbocycles. The van der Waals surface area contributed by atoms with Gasteiger partial charge in [-0.2, -0.15) is 0 Å². The van der Waals surface area contributed by atoms with Crippen molar-refractivity contribution in [2.45, 2.75) is 81.3 Å². The van der Waals surface area contributed by atoms with Crippen molar-refractivity contribution in [1.82, 2.24) is 25.1 Å². The van der Waals surface area contributed by atoms with Gasteiger partial charge in [0.25, 0.3) is 10.0 Å². The number of fused-ring (bicyclic) bond motifs is 1. The van der Waals surface area contributed by atoms with E-state index in [1.54, 1.807) is 86.8 Å². The Bertz CT molecular complexity index is 2820. The van der Waals surface area contributed by atoms with Crippen molar-refractivity contribution in [3.05, 3.63) is 146 Å². The summed E-state index contributed by atoms with van der Waals surface area (Å²) in [6.07, 6.45) is 0.694. The number of rotatable bonds is 21. The highest BCUT2D eigenvalue weighted by atomic mass is 32.2. The van der Waals surface area contributed by atoms with Gasteiger partial charge in [0.2, 0.25) is 27.8 Å². The van der Waals surface area contributed by atoms with E-state index in [0.717, 1.165) is 15.6 Å². The summed E-state index contributed by atoms with van der Waals surface area (Å²) < 4.78 is 65.4. The van der Waals surface area contributed by atoms with E-state index in [1.807, 2.05) is 35.7 Å². The van der Waals surface area contributed by atoms with Crippen molar-refractivity contribution in [3.63, 3.8) is 0 Å². The Morgan fingerprint density at radius 1 is 0.846 bits per heavy atom. The number of carbonyl (C=O) groups is 2. The molecule has 0 radical (unpaired) electrons. The highest BCUT2D eigenvalue weighted by molar-refractivity contribution is 7.90. The topological polar surface area (TPSA) is 231 Å². The molecule has 4 aromatic carbocycles. The molecule has 0 bridgehead atoms. The van der Waals surface area contributed by atoms with Crippen molar-refractivity contribution in [2.75, 3.05) is 13.7 Å². The first kappa shape index (κ1) is 48.7. The lowest BCUT2D eigenvalue weighted by atomic mass is 10.0. The van der Waals surface area contributed by atoms with Gasteiger partial charge in [0.05, 0.1) is 23.8 Å². The number of thiophene rings is 1. The number of thiazole rings is 1. The maximum atomic E-state index is 14.6. The summed E-state index contributed by atoms with van der Waals surface area (Å²) in [7, 11) is -6.66. The zero-order valence-electron chi connectivity index (χ0n) is 36.4. The number of aliphatic imine (C=N–C) groups is 1. The molecule has 6 rings (SSSR count). The number of ether oxygens (including phenoxy) is 1. The molecule has 6 aromatic rings. The van der Waals surface area contributed by atoms with Crippen LogP contribution in [0.15, 0.2) is 118 Å². The summed E-state index contributed by atoms with van der Waals surface area (Å²) in [5.41, 5.74) is 9.76. The largest absolute Gasteiger partial charge is 0.496 e. The van der Waals surface area contributed by atoms with E-state index >= 15 is 0 Å². The number of aliphatic hydroxyl groups excluding tert-OH is 1. The maximum Gasteiger partial charge on any atom is 0.264 e. The van der Waals surface area contributed by atoms with Crippen LogP contribution in [0.25, 0.3) is 10.1 Å². The maximum absolute atomic E-state index is 14.6. The SMILES string of the molecule is COc1cc(C)c(S(=O)(=O)NC(N)=NCCC[C@H](NC(=O)[C@H](Cc2csc3ccccc23)NC(=O)[C@@H](Cc2ccccc2)NS(=O)(=O)Cc2ccccc2)C(O)c2nccs2)c(C)c1C. The first-order chi connectivity index (χ1) is 31.0. The number of nitrogens with zero attached hydrogens (tertiary/aromatic N) is 2. The molecule has 7 N–H and O–H groups in total. The Labute approximate surface area is 387 Å². The second kappa shape index (κ2) is 22.0. The minimum Gasteiger partial charge on any atom is -0.496 e. The average Bonchev–Trinajstić information content (AvgIpc) is 3.96. The van der Waals surface area contributed by atoms with Gasteiger partial charge < -0.3 is 26.2 Å². The van der Waals surface area contributed by atoms with Gasteiger partial charge in [0.15, 0.2) is 0 Å². The van der Waals surface area contributed by atoms with Gasteiger partial charge in [0.1, 0.15) is 28.9 Å². The number of hydrogen-bond donors (Lipinski definition) is 6. The van der Waals surface area contributed by atoms with Crippen LogP contribution < -0.4 is 30.5 Å². The summed E-state index contributed by atoms with van der Waals surface area (Å²) >= 11 is 2.69. The number of amides is 2. The summed E-state index contributed by atoms with van der Waals surface area (Å²) in [4.78, 5) is 37.5. The summed E-state index contributed by atoms with van der Waals surface area (Å²) in [6.45, 7) is 5.14. The Morgan fingerprint density at radius 2 is 1.51 bits per heavy atom. The number of aliphatic hydroxyl groups is 1. The molecule has 0 aliphatic rings. The molecular formula is C46H53N7O8S4. The number of sulfonamides is 2. The molecule has 0 spiro atoms. The number of nitrogens with two attached hydrogens (primary N) is 1. The van der Waals surface area contributed by atoms with Crippen LogP contribution >= 0.6 is 22.7 Å². The monoisotopic (exact) mass is 959 g/mol. The molecule has 0 fully saturated rings. The average molecular weight is 960 g/mol. The summed E-state index contributed by atoms with van der Waals surface area (Å²) in [5.74, 6) is -1.49. The van der Waals surface area contributed by atoms with Crippen LogP contribution in [0.1, 0.15) is 57.3 Å². The summed E-state index contributed by atoms with van der Waals surface area (Å²) in [6, 6.07) is 23.4. The zero-order valence-corrected chi connectivity index (χ0v) is 39.6. The minimum atomic E-state index is -4.12. The smallest absolute Gasteiger partial charge is 0.264 e. The second-order valence-electron chi connectivity index (χ2n) is 15.5. The first-order valence-corrected chi connectivity index (χ1v) is 25.6. The van der Waals surface area contributed by atoms with E-state index in [9.17, 15) is 31.5 Å². The van der Waals surface area contributed by atoms with Crippen LogP contribution in [0, 0.1) is 20.8 Å². The lowest BCUT2D eigenvalue weighted by Crippen LogP contribution is -2.56. The number of hydrogen-bond acceptors (Lipinski definition) is 12. The number of benzene rings is 4. The van der Waals surface area contributed by atoms with Gasteiger partial charge in [-0.15, -0.1) is 22.7 Å². The molecule has 65 heavy (non-hydrogen) atoms. The predicted molar refractivity (Wildman–Crippen MR) is 256 cm³/mol. The fourth-order valence-corrected chi connectivity index (χ4v) is 12.0. The molecular weight excluding hydrogens is 907 g/mol. The zero-order chi connectivity index (χ0) is 46.7. The van der Waals surface area contributed by atoms with Gasteiger partial charge in [-0.25, -0.2) is 31.3 Å². The standard InChI is InChI=1S/C46H53N7O8S4/c1-29-24-39(61-4)30(2)31(3)42(29)65(59,60)53-46(47)49-21-13-19-36(41(54)45-48-22-23-62-45)50-43(55)37(26-34-27-63-40-20-12-11-18-35(34)40)51-44(56)38(25-32-14-7-5-8-15-32)52-64(57,58)28-33-16-9-6-10-17-33/h5-12,14-18,20,22-24,27,36-38,41,52,54H,13,19,21,25-26,28H2,1-4H3,(H,50,55)(H,51,56)(H3,47,49,53)/t36-,37-,38+,41?/m0/s1.